The van der Waals surface area contributed by atoms with E-state index in [0.717, 1.165) is 45.3 Å². The van der Waals surface area contributed by atoms with Gasteiger partial charge in [0.2, 0.25) is 11.8 Å². The second-order valence-corrected chi connectivity index (χ2v) is 13.6. The first-order valence-electron chi connectivity index (χ1n) is 15.2. The van der Waals surface area contributed by atoms with Crippen LogP contribution in [0.15, 0.2) is 30.3 Å². The van der Waals surface area contributed by atoms with Crippen LogP contribution in [-0.4, -0.2) is 89.4 Å². The van der Waals surface area contributed by atoms with Crippen LogP contribution in [0.3, 0.4) is 0 Å². The van der Waals surface area contributed by atoms with Gasteiger partial charge in [-0.15, -0.1) is 11.8 Å². The topological polar surface area (TPSA) is 100 Å². The number of carbonyl (C=O) groups excluding carboxylic acids is 3. The smallest absolute Gasteiger partial charge is 0.411 e. The number of amides is 3. The molecule has 2 aliphatic heterocycles. The highest BCUT2D eigenvalue weighted by atomic mass is 32.2. The number of carbonyl (C=O) groups is 3. The third-order valence-corrected chi connectivity index (χ3v) is 9.00. The van der Waals surface area contributed by atoms with Crippen molar-refractivity contribution in [2.75, 3.05) is 37.9 Å². The van der Waals surface area contributed by atoms with Crippen molar-refractivity contribution in [3.63, 3.8) is 0 Å². The molecule has 1 aliphatic carbocycles. The molecule has 2 N–H and O–H groups in total. The van der Waals surface area contributed by atoms with E-state index in [1.54, 1.807) is 20.8 Å². The zero-order valence-electron chi connectivity index (χ0n) is 24.9. The molecule has 2 atom stereocenters. The summed E-state index contributed by atoms with van der Waals surface area (Å²) in [4.78, 5) is 43.5. The summed E-state index contributed by atoms with van der Waals surface area (Å²) in [6.45, 7) is 8.84. The lowest BCUT2D eigenvalue weighted by Crippen LogP contribution is -2.57. The fraction of sp³-hybridized carbons (Fsp3) is 0.710. The first-order chi connectivity index (χ1) is 19.7. The number of ether oxygens (including phenoxy) is 2. The largest absolute Gasteiger partial charge is 0.444 e. The zero-order chi connectivity index (χ0) is 29.2. The molecule has 10 heteroatoms. The summed E-state index contributed by atoms with van der Waals surface area (Å²) in [5.74, 6) is 0.773. The van der Waals surface area contributed by atoms with E-state index in [9.17, 15) is 14.4 Å². The third-order valence-electron chi connectivity index (χ3n) is 7.99. The molecule has 0 aromatic heterocycles. The normalized spacial score (nSPS) is 21.8. The van der Waals surface area contributed by atoms with Crippen LogP contribution in [0.1, 0.15) is 71.3 Å². The molecule has 3 amide bonds. The van der Waals surface area contributed by atoms with Gasteiger partial charge in [0.25, 0.3) is 0 Å². The summed E-state index contributed by atoms with van der Waals surface area (Å²) in [6, 6.07) is 8.97. The van der Waals surface area contributed by atoms with Gasteiger partial charge in [0.1, 0.15) is 17.7 Å². The second kappa shape index (κ2) is 15.3. The SMILES string of the molecule is CC(C)(C)OC(=O)N1CSC[C@H]1C(=O)NC(COCC1CCCCC1)C(=O)NC1CCN(Cc2ccccc2)CC1. The maximum atomic E-state index is 13.5. The van der Waals surface area contributed by atoms with E-state index in [2.05, 4.69) is 39.8 Å². The number of rotatable bonds is 10. The van der Waals surface area contributed by atoms with Crippen LogP contribution in [0, 0.1) is 5.92 Å². The number of benzene rings is 1. The molecule has 4 rings (SSSR count). The second-order valence-electron chi connectivity index (χ2n) is 12.6. The van der Waals surface area contributed by atoms with Crippen LogP contribution in [0.5, 0.6) is 0 Å². The lowest BCUT2D eigenvalue weighted by Gasteiger charge is -2.33. The molecule has 1 aromatic carbocycles. The number of nitrogens with zero attached hydrogens (tertiary/aromatic N) is 2. The van der Waals surface area contributed by atoms with Crippen molar-refractivity contribution in [2.24, 2.45) is 5.92 Å². The molecular weight excluding hydrogens is 540 g/mol. The summed E-state index contributed by atoms with van der Waals surface area (Å²) in [7, 11) is 0. The van der Waals surface area contributed by atoms with Gasteiger partial charge in [0.05, 0.1) is 12.5 Å². The predicted octanol–water partition coefficient (Wildman–Crippen LogP) is 4.16. The van der Waals surface area contributed by atoms with Crippen LogP contribution in [0.2, 0.25) is 0 Å². The van der Waals surface area contributed by atoms with Crippen LogP contribution in [0.4, 0.5) is 4.79 Å². The fourth-order valence-corrected chi connectivity index (χ4v) is 6.84. The van der Waals surface area contributed by atoms with Gasteiger partial charge >= 0.3 is 6.09 Å². The number of piperidine rings is 1. The molecule has 41 heavy (non-hydrogen) atoms. The molecule has 1 unspecified atom stereocenters. The van der Waals surface area contributed by atoms with Crippen molar-refractivity contribution in [3.8, 4) is 0 Å². The summed E-state index contributed by atoms with van der Waals surface area (Å²) in [6.07, 6.45) is 7.20. The van der Waals surface area contributed by atoms with E-state index < -0.39 is 23.8 Å². The summed E-state index contributed by atoms with van der Waals surface area (Å²) >= 11 is 1.50. The number of nitrogens with one attached hydrogen (secondary N) is 2. The van der Waals surface area contributed by atoms with Crippen LogP contribution in [0.25, 0.3) is 0 Å². The quantitative estimate of drug-likeness (QED) is 0.424. The molecule has 1 aromatic rings. The highest BCUT2D eigenvalue weighted by molar-refractivity contribution is 7.99. The molecule has 0 bridgehead atoms. The molecule has 0 spiro atoms. The predicted molar refractivity (Wildman–Crippen MR) is 161 cm³/mol. The molecule has 3 fully saturated rings. The van der Waals surface area contributed by atoms with Gasteiger partial charge in [0, 0.05) is 38.0 Å². The lowest BCUT2D eigenvalue weighted by atomic mass is 9.90. The van der Waals surface area contributed by atoms with Gasteiger partial charge in [-0.1, -0.05) is 49.6 Å². The third kappa shape index (κ3) is 10.2. The standard InChI is InChI=1S/C31H48N4O5S/c1-31(2,3)40-30(38)35-22-41-21-27(35)29(37)33-26(20-39-19-24-12-8-5-9-13-24)28(36)32-25-14-16-34(17-15-25)18-23-10-6-4-7-11-23/h4,6-7,10-11,24-27H,5,8-9,12-22H2,1-3H3,(H,32,36)(H,33,37)/t26?,27-/m0/s1. The van der Waals surface area contributed by atoms with Gasteiger partial charge in [-0.2, -0.15) is 0 Å². The number of hydrogen-bond acceptors (Lipinski definition) is 7. The van der Waals surface area contributed by atoms with Gasteiger partial charge < -0.3 is 20.1 Å². The van der Waals surface area contributed by atoms with E-state index in [0.29, 0.717) is 24.2 Å². The summed E-state index contributed by atoms with van der Waals surface area (Å²) < 4.78 is 11.6. The molecule has 2 heterocycles. The number of thioether (sulfide) groups is 1. The molecule has 1 saturated carbocycles. The minimum Gasteiger partial charge on any atom is -0.444 e. The minimum absolute atomic E-state index is 0.0487. The maximum Gasteiger partial charge on any atom is 0.411 e. The summed E-state index contributed by atoms with van der Waals surface area (Å²) in [5.41, 5.74) is 0.635. The van der Waals surface area contributed by atoms with E-state index in [1.807, 2.05) is 6.07 Å². The Morgan fingerprint density at radius 1 is 1.02 bits per heavy atom. The van der Waals surface area contributed by atoms with E-state index in [4.69, 9.17) is 9.47 Å². The molecule has 228 valence electrons. The monoisotopic (exact) mass is 588 g/mol. The Hall–Kier alpha value is -2.30. The Morgan fingerprint density at radius 3 is 2.41 bits per heavy atom. The lowest BCUT2D eigenvalue weighted by molar-refractivity contribution is -0.133. The van der Waals surface area contributed by atoms with E-state index >= 15 is 0 Å². The van der Waals surface area contributed by atoms with E-state index in [1.165, 1.54) is 41.5 Å². The molecule has 3 aliphatic rings. The highest BCUT2D eigenvalue weighted by Gasteiger charge is 2.39. The van der Waals surface area contributed by atoms with E-state index in [-0.39, 0.29) is 24.5 Å². The van der Waals surface area contributed by atoms with Gasteiger partial charge in [0.15, 0.2) is 0 Å². The Bertz CT molecular complexity index is 990. The Labute approximate surface area is 249 Å². The fourth-order valence-electron chi connectivity index (χ4n) is 5.70. The molecule has 0 radical (unpaired) electrons. The Balaban J connectivity index is 1.32. The molecule has 2 saturated heterocycles. The maximum absolute atomic E-state index is 13.5. The van der Waals surface area contributed by atoms with Crippen molar-refractivity contribution in [1.82, 2.24) is 20.4 Å². The van der Waals surface area contributed by atoms with Crippen molar-refractivity contribution in [1.29, 1.82) is 0 Å². The van der Waals surface area contributed by atoms with Gasteiger partial charge in [-0.05, 0) is 57.9 Å². The Kier molecular flexibility index (Phi) is 11.8. The van der Waals surface area contributed by atoms with Crippen molar-refractivity contribution in [3.05, 3.63) is 35.9 Å². The van der Waals surface area contributed by atoms with Gasteiger partial charge in [-0.25, -0.2) is 4.79 Å². The number of hydrogen-bond donors (Lipinski definition) is 2. The first kappa shape index (κ1) is 31.6. The molecular formula is C31H48N4O5S. The Morgan fingerprint density at radius 2 is 1.73 bits per heavy atom. The average Bonchev–Trinajstić information content (AvgIpc) is 3.44. The zero-order valence-corrected chi connectivity index (χ0v) is 25.8. The molecule has 9 nitrogen and oxygen atoms in total. The number of likely N-dealkylation sites (tertiary alicyclic amines) is 1. The van der Waals surface area contributed by atoms with Crippen LogP contribution >= 0.6 is 11.8 Å². The van der Waals surface area contributed by atoms with Crippen LogP contribution < -0.4 is 10.6 Å². The van der Waals surface area contributed by atoms with Crippen molar-refractivity contribution >= 4 is 29.7 Å². The highest BCUT2D eigenvalue weighted by Crippen LogP contribution is 2.25. The van der Waals surface area contributed by atoms with Gasteiger partial charge in [-0.3, -0.25) is 19.4 Å². The minimum atomic E-state index is -0.820. The van der Waals surface area contributed by atoms with Crippen LogP contribution in [-0.2, 0) is 25.6 Å². The van der Waals surface area contributed by atoms with Crippen molar-refractivity contribution in [2.45, 2.75) is 96.0 Å². The average molecular weight is 589 g/mol. The summed E-state index contributed by atoms with van der Waals surface area (Å²) in [5, 5.41) is 6.11. The first-order valence-corrected chi connectivity index (χ1v) is 16.4. The van der Waals surface area contributed by atoms with Crippen molar-refractivity contribution < 1.29 is 23.9 Å².